The molecule has 132 valence electrons. The standard InChI is InChI=1S/C17H28O6/c1-5-17(2,3)16(20)23-11-10-22-15(19)13-9-7-6-8-12(13)14(18)21-4/h12-13H,5-11H2,1-4H3. The van der Waals surface area contributed by atoms with Gasteiger partial charge in [0.1, 0.15) is 13.2 Å². The van der Waals surface area contributed by atoms with Gasteiger partial charge in [-0.3, -0.25) is 14.4 Å². The molecule has 0 saturated heterocycles. The highest BCUT2D eigenvalue weighted by molar-refractivity contribution is 5.82. The third-order valence-electron chi connectivity index (χ3n) is 4.57. The molecule has 0 aromatic heterocycles. The third kappa shape index (κ3) is 5.52. The predicted molar refractivity (Wildman–Crippen MR) is 83.5 cm³/mol. The van der Waals surface area contributed by atoms with Crippen molar-refractivity contribution in [3.63, 3.8) is 0 Å². The molecular formula is C17H28O6. The summed E-state index contributed by atoms with van der Waals surface area (Å²) in [6.45, 7) is 5.57. The molecule has 0 aliphatic heterocycles. The number of esters is 3. The van der Waals surface area contributed by atoms with E-state index >= 15 is 0 Å². The Balaban J connectivity index is 2.40. The summed E-state index contributed by atoms with van der Waals surface area (Å²) in [5.41, 5.74) is -0.538. The van der Waals surface area contributed by atoms with E-state index in [2.05, 4.69) is 0 Å². The normalized spacial score (nSPS) is 21.4. The van der Waals surface area contributed by atoms with Gasteiger partial charge in [-0.15, -0.1) is 0 Å². The van der Waals surface area contributed by atoms with Crippen LogP contribution in [0.25, 0.3) is 0 Å². The van der Waals surface area contributed by atoms with Gasteiger partial charge in [-0.05, 0) is 33.1 Å². The minimum atomic E-state index is -0.538. The predicted octanol–water partition coefficient (Wildman–Crippen LogP) is 2.49. The van der Waals surface area contributed by atoms with Crippen LogP contribution in [0.15, 0.2) is 0 Å². The average molecular weight is 328 g/mol. The van der Waals surface area contributed by atoms with Crippen molar-refractivity contribution >= 4 is 17.9 Å². The van der Waals surface area contributed by atoms with Crippen molar-refractivity contribution in [2.75, 3.05) is 20.3 Å². The molecule has 2 unspecified atom stereocenters. The second kappa shape index (κ2) is 8.89. The molecule has 1 aliphatic rings. The zero-order valence-electron chi connectivity index (χ0n) is 14.6. The smallest absolute Gasteiger partial charge is 0.311 e. The lowest BCUT2D eigenvalue weighted by molar-refractivity contribution is -0.165. The van der Waals surface area contributed by atoms with Gasteiger partial charge in [0.25, 0.3) is 0 Å². The van der Waals surface area contributed by atoms with Gasteiger partial charge >= 0.3 is 17.9 Å². The van der Waals surface area contributed by atoms with Gasteiger partial charge in [0.2, 0.25) is 0 Å². The van der Waals surface area contributed by atoms with Crippen LogP contribution in [0.5, 0.6) is 0 Å². The maximum atomic E-state index is 12.2. The first kappa shape index (κ1) is 19.5. The van der Waals surface area contributed by atoms with Crippen LogP contribution < -0.4 is 0 Å². The fourth-order valence-corrected chi connectivity index (χ4v) is 2.57. The molecule has 0 amide bonds. The van der Waals surface area contributed by atoms with E-state index in [-0.39, 0.29) is 25.2 Å². The van der Waals surface area contributed by atoms with Crippen LogP contribution in [0.4, 0.5) is 0 Å². The lowest BCUT2D eigenvalue weighted by Gasteiger charge is -2.27. The van der Waals surface area contributed by atoms with E-state index in [9.17, 15) is 14.4 Å². The molecule has 6 nitrogen and oxygen atoms in total. The quantitative estimate of drug-likeness (QED) is 0.406. The molecule has 23 heavy (non-hydrogen) atoms. The molecule has 0 bridgehead atoms. The maximum absolute atomic E-state index is 12.2. The monoisotopic (exact) mass is 328 g/mol. The number of rotatable bonds is 7. The Kier molecular flexibility index (Phi) is 7.52. The summed E-state index contributed by atoms with van der Waals surface area (Å²) in [7, 11) is 1.33. The molecule has 0 aromatic rings. The van der Waals surface area contributed by atoms with E-state index in [1.54, 1.807) is 0 Å². The first-order valence-electron chi connectivity index (χ1n) is 8.25. The fourth-order valence-electron chi connectivity index (χ4n) is 2.57. The largest absolute Gasteiger partial charge is 0.469 e. The van der Waals surface area contributed by atoms with E-state index < -0.39 is 23.2 Å². The second-order valence-electron chi connectivity index (χ2n) is 6.56. The van der Waals surface area contributed by atoms with Gasteiger partial charge in [-0.1, -0.05) is 19.8 Å². The molecule has 0 radical (unpaired) electrons. The second-order valence-corrected chi connectivity index (χ2v) is 6.56. The Morgan fingerprint density at radius 3 is 2.00 bits per heavy atom. The number of hydrogen-bond acceptors (Lipinski definition) is 6. The van der Waals surface area contributed by atoms with Crippen molar-refractivity contribution < 1.29 is 28.6 Å². The molecule has 2 atom stereocenters. The van der Waals surface area contributed by atoms with Gasteiger partial charge in [-0.2, -0.15) is 0 Å². The Hall–Kier alpha value is -1.59. The van der Waals surface area contributed by atoms with Gasteiger partial charge in [0, 0.05) is 0 Å². The van der Waals surface area contributed by atoms with Crippen LogP contribution in [0.1, 0.15) is 52.9 Å². The van der Waals surface area contributed by atoms with Crippen molar-refractivity contribution in [3.05, 3.63) is 0 Å². The Labute approximate surface area is 137 Å². The minimum absolute atomic E-state index is 0.00869. The lowest BCUT2D eigenvalue weighted by atomic mass is 9.79. The molecule has 0 spiro atoms. The fraction of sp³-hybridized carbons (Fsp3) is 0.824. The Bertz CT molecular complexity index is 429. The van der Waals surface area contributed by atoms with E-state index in [0.29, 0.717) is 19.3 Å². The number of carbonyl (C=O) groups excluding carboxylic acids is 3. The molecular weight excluding hydrogens is 300 g/mol. The first-order valence-corrected chi connectivity index (χ1v) is 8.25. The lowest BCUT2D eigenvalue weighted by Crippen LogP contribution is -2.35. The van der Waals surface area contributed by atoms with Gasteiger partial charge in [-0.25, -0.2) is 0 Å². The van der Waals surface area contributed by atoms with E-state index in [0.717, 1.165) is 12.8 Å². The van der Waals surface area contributed by atoms with Crippen LogP contribution in [-0.4, -0.2) is 38.2 Å². The maximum Gasteiger partial charge on any atom is 0.311 e. The van der Waals surface area contributed by atoms with Crippen LogP contribution in [0, 0.1) is 17.3 Å². The molecule has 6 heteroatoms. The number of ether oxygens (including phenoxy) is 3. The molecule has 1 fully saturated rings. The summed E-state index contributed by atoms with van der Waals surface area (Å²) in [5, 5.41) is 0. The number of methoxy groups -OCH3 is 1. The SMILES string of the molecule is CCC(C)(C)C(=O)OCCOC(=O)C1CCCCC1C(=O)OC. The summed E-state index contributed by atoms with van der Waals surface area (Å²) in [6.07, 6.45) is 3.75. The Morgan fingerprint density at radius 2 is 1.48 bits per heavy atom. The van der Waals surface area contributed by atoms with Crippen LogP contribution in [0.2, 0.25) is 0 Å². The minimum Gasteiger partial charge on any atom is -0.469 e. The molecule has 1 rings (SSSR count). The van der Waals surface area contributed by atoms with Gasteiger partial charge in [0.15, 0.2) is 0 Å². The molecule has 0 aromatic carbocycles. The Morgan fingerprint density at radius 1 is 0.957 bits per heavy atom. The van der Waals surface area contributed by atoms with Gasteiger partial charge < -0.3 is 14.2 Å². The molecule has 1 saturated carbocycles. The van der Waals surface area contributed by atoms with E-state index in [4.69, 9.17) is 14.2 Å². The molecule has 1 aliphatic carbocycles. The molecule has 0 N–H and O–H groups in total. The van der Waals surface area contributed by atoms with E-state index in [1.807, 2.05) is 20.8 Å². The van der Waals surface area contributed by atoms with Crippen molar-refractivity contribution in [3.8, 4) is 0 Å². The zero-order chi connectivity index (χ0) is 17.5. The van der Waals surface area contributed by atoms with E-state index in [1.165, 1.54) is 7.11 Å². The number of hydrogen-bond donors (Lipinski definition) is 0. The van der Waals surface area contributed by atoms with Crippen molar-refractivity contribution in [1.82, 2.24) is 0 Å². The van der Waals surface area contributed by atoms with Crippen molar-refractivity contribution in [2.45, 2.75) is 52.9 Å². The third-order valence-corrected chi connectivity index (χ3v) is 4.57. The average Bonchev–Trinajstić information content (AvgIpc) is 2.57. The number of carbonyl (C=O) groups is 3. The molecule has 0 heterocycles. The summed E-state index contributed by atoms with van der Waals surface area (Å²) >= 11 is 0. The van der Waals surface area contributed by atoms with Crippen LogP contribution >= 0.6 is 0 Å². The van der Waals surface area contributed by atoms with Crippen molar-refractivity contribution in [2.24, 2.45) is 17.3 Å². The topological polar surface area (TPSA) is 78.9 Å². The summed E-state index contributed by atoms with van der Waals surface area (Å²) in [6, 6.07) is 0. The summed E-state index contributed by atoms with van der Waals surface area (Å²) in [5.74, 6) is -1.96. The van der Waals surface area contributed by atoms with Crippen LogP contribution in [-0.2, 0) is 28.6 Å². The zero-order valence-corrected chi connectivity index (χ0v) is 14.6. The van der Waals surface area contributed by atoms with Crippen LogP contribution in [0.3, 0.4) is 0 Å². The van der Waals surface area contributed by atoms with Crippen molar-refractivity contribution in [1.29, 1.82) is 0 Å². The first-order chi connectivity index (χ1) is 10.8. The highest BCUT2D eigenvalue weighted by Gasteiger charge is 2.37. The summed E-state index contributed by atoms with van der Waals surface area (Å²) < 4.78 is 15.1. The highest BCUT2D eigenvalue weighted by Crippen LogP contribution is 2.31. The highest BCUT2D eigenvalue weighted by atomic mass is 16.6. The van der Waals surface area contributed by atoms with Gasteiger partial charge in [0.05, 0.1) is 24.4 Å². The summed E-state index contributed by atoms with van der Waals surface area (Å²) in [4.78, 5) is 35.7.